The van der Waals surface area contributed by atoms with E-state index in [9.17, 15) is 0 Å². The Labute approximate surface area is 126 Å². The highest BCUT2D eigenvalue weighted by atomic mass is 16.5. The molecule has 3 rings (SSSR count). The summed E-state index contributed by atoms with van der Waals surface area (Å²) in [6, 6.07) is 5.95. The van der Waals surface area contributed by atoms with Gasteiger partial charge in [0.25, 0.3) is 0 Å². The molecule has 0 aromatic heterocycles. The fraction of sp³-hybridized carbons (Fsp3) is 0.647. The first-order valence-electron chi connectivity index (χ1n) is 7.86. The van der Waals surface area contributed by atoms with Gasteiger partial charge in [-0.2, -0.15) is 0 Å². The van der Waals surface area contributed by atoms with Gasteiger partial charge in [0.05, 0.1) is 19.3 Å². The van der Waals surface area contributed by atoms with Gasteiger partial charge in [0.2, 0.25) is 0 Å². The van der Waals surface area contributed by atoms with Crippen LogP contribution in [0.2, 0.25) is 0 Å². The highest BCUT2D eigenvalue weighted by Gasteiger charge is 2.43. The van der Waals surface area contributed by atoms with Crippen LogP contribution in [0.4, 0.5) is 0 Å². The monoisotopic (exact) mass is 291 g/mol. The highest BCUT2D eigenvalue weighted by Crippen LogP contribution is 2.43. The molecule has 0 amide bonds. The molecule has 1 spiro atoms. The predicted molar refractivity (Wildman–Crippen MR) is 81.8 cm³/mol. The van der Waals surface area contributed by atoms with Crippen LogP contribution in [0.5, 0.6) is 11.5 Å². The Morgan fingerprint density at radius 2 is 2.14 bits per heavy atom. The minimum atomic E-state index is -0.00530. The summed E-state index contributed by atoms with van der Waals surface area (Å²) in [4.78, 5) is 0. The number of ether oxygens (including phenoxy) is 3. The Balaban J connectivity index is 1.72. The number of methoxy groups -OCH3 is 1. The fourth-order valence-electron chi connectivity index (χ4n) is 3.25. The molecule has 4 nitrogen and oxygen atoms in total. The zero-order valence-electron chi connectivity index (χ0n) is 12.9. The van der Waals surface area contributed by atoms with Crippen LogP contribution in [-0.4, -0.2) is 25.4 Å². The Morgan fingerprint density at radius 1 is 1.33 bits per heavy atom. The van der Waals surface area contributed by atoms with Gasteiger partial charge in [-0.05, 0) is 43.9 Å². The molecule has 1 aromatic rings. The van der Waals surface area contributed by atoms with E-state index in [2.05, 4.69) is 0 Å². The minimum Gasteiger partial charge on any atom is -0.493 e. The highest BCUT2D eigenvalue weighted by molar-refractivity contribution is 5.43. The zero-order chi connectivity index (χ0) is 14.9. The van der Waals surface area contributed by atoms with Crippen molar-refractivity contribution in [2.45, 2.75) is 56.8 Å². The predicted octanol–water partition coefficient (Wildman–Crippen LogP) is 3.20. The van der Waals surface area contributed by atoms with Gasteiger partial charge >= 0.3 is 0 Å². The van der Waals surface area contributed by atoms with Crippen LogP contribution in [0, 0.1) is 0 Å². The maximum absolute atomic E-state index is 6.20. The molecule has 2 N–H and O–H groups in total. The average Bonchev–Trinajstić information content (AvgIpc) is 2.46. The maximum Gasteiger partial charge on any atom is 0.161 e. The van der Waals surface area contributed by atoms with Gasteiger partial charge in [-0.25, -0.2) is 0 Å². The number of hydrogen-bond donors (Lipinski definition) is 1. The Kier molecular flexibility index (Phi) is 4.09. The summed E-state index contributed by atoms with van der Waals surface area (Å²) in [6.07, 6.45) is 5.78. The summed E-state index contributed by atoms with van der Waals surface area (Å²) in [7, 11) is 1.67. The van der Waals surface area contributed by atoms with Crippen LogP contribution in [0.1, 0.15) is 50.6 Å². The van der Waals surface area contributed by atoms with Crippen molar-refractivity contribution in [3.8, 4) is 11.5 Å². The molecule has 2 aliphatic rings. The Bertz CT molecular complexity index is 497. The van der Waals surface area contributed by atoms with Crippen molar-refractivity contribution in [3.63, 3.8) is 0 Å². The fourth-order valence-corrected chi connectivity index (χ4v) is 3.25. The van der Waals surface area contributed by atoms with E-state index in [1.807, 2.05) is 25.1 Å². The van der Waals surface area contributed by atoms with Crippen LogP contribution < -0.4 is 15.2 Å². The smallest absolute Gasteiger partial charge is 0.161 e. The molecule has 1 heterocycles. The van der Waals surface area contributed by atoms with Gasteiger partial charge in [-0.3, -0.25) is 0 Å². The lowest BCUT2D eigenvalue weighted by Crippen LogP contribution is -2.48. The van der Waals surface area contributed by atoms with Crippen LogP contribution in [0.25, 0.3) is 0 Å². The number of hydrogen-bond acceptors (Lipinski definition) is 4. The van der Waals surface area contributed by atoms with E-state index in [0.29, 0.717) is 0 Å². The molecule has 1 saturated carbocycles. The summed E-state index contributed by atoms with van der Waals surface area (Å²) in [6.45, 7) is 2.76. The van der Waals surface area contributed by atoms with E-state index in [0.717, 1.165) is 36.5 Å². The first-order valence-corrected chi connectivity index (χ1v) is 7.86. The molecule has 1 saturated heterocycles. The molecular weight excluding hydrogens is 266 g/mol. The van der Waals surface area contributed by atoms with Crippen molar-refractivity contribution in [1.29, 1.82) is 0 Å². The van der Waals surface area contributed by atoms with E-state index >= 15 is 0 Å². The molecule has 21 heavy (non-hydrogen) atoms. The Hall–Kier alpha value is -1.26. The third-order valence-corrected chi connectivity index (χ3v) is 4.72. The molecule has 0 radical (unpaired) electrons. The number of nitrogens with two attached hydrogens (primary N) is 1. The van der Waals surface area contributed by atoms with E-state index in [4.69, 9.17) is 19.9 Å². The summed E-state index contributed by atoms with van der Waals surface area (Å²) in [5, 5.41) is 0. The molecule has 2 fully saturated rings. The zero-order valence-corrected chi connectivity index (χ0v) is 12.9. The first kappa shape index (κ1) is 14.7. The van der Waals surface area contributed by atoms with Gasteiger partial charge in [-0.1, -0.05) is 6.07 Å². The summed E-state index contributed by atoms with van der Waals surface area (Å²) < 4.78 is 17.6. The summed E-state index contributed by atoms with van der Waals surface area (Å²) in [5.41, 5.74) is 7.08. The van der Waals surface area contributed by atoms with Gasteiger partial charge in [0.1, 0.15) is 6.10 Å². The number of benzene rings is 1. The van der Waals surface area contributed by atoms with Gasteiger partial charge in [0, 0.05) is 18.9 Å². The van der Waals surface area contributed by atoms with E-state index in [1.165, 1.54) is 19.3 Å². The molecule has 1 aliphatic carbocycles. The lowest BCUT2D eigenvalue weighted by molar-refractivity contribution is -0.153. The molecule has 116 valence electrons. The van der Waals surface area contributed by atoms with Crippen molar-refractivity contribution in [3.05, 3.63) is 23.8 Å². The van der Waals surface area contributed by atoms with Crippen LogP contribution >= 0.6 is 0 Å². The van der Waals surface area contributed by atoms with Crippen molar-refractivity contribution in [2.24, 2.45) is 5.73 Å². The van der Waals surface area contributed by atoms with Gasteiger partial charge < -0.3 is 19.9 Å². The van der Waals surface area contributed by atoms with Crippen molar-refractivity contribution < 1.29 is 14.2 Å². The van der Waals surface area contributed by atoms with E-state index < -0.39 is 0 Å². The minimum absolute atomic E-state index is 0.00530. The maximum atomic E-state index is 6.20. The summed E-state index contributed by atoms with van der Waals surface area (Å²) in [5.74, 6) is 1.57. The lowest BCUT2D eigenvalue weighted by atomic mass is 9.74. The molecule has 2 atom stereocenters. The van der Waals surface area contributed by atoms with Gasteiger partial charge in [0.15, 0.2) is 11.5 Å². The van der Waals surface area contributed by atoms with Crippen LogP contribution in [0.3, 0.4) is 0 Å². The van der Waals surface area contributed by atoms with Gasteiger partial charge in [-0.15, -0.1) is 0 Å². The third-order valence-electron chi connectivity index (χ3n) is 4.72. The quantitative estimate of drug-likeness (QED) is 0.925. The number of rotatable bonds is 4. The second-order valence-electron chi connectivity index (χ2n) is 6.32. The molecule has 1 aliphatic heterocycles. The lowest BCUT2D eigenvalue weighted by Gasteiger charge is -2.46. The largest absolute Gasteiger partial charge is 0.493 e. The second-order valence-corrected chi connectivity index (χ2v) is 6.32. The molecule has 1 unspecified atom stereocenters. The SMILES string of the molecule is COc1cc([C@H](C)N)ccc1OC1CCOC2(CCC2)C1. The standard InChI is InChI=1S/C17H25NO3/c1-12(18)13-4-5-15(16(10-13)19-2)21-14-6-9-20-17(11-14)7-3-8-17/h4-5,10,12,14H,3,6-9,11,18H2,1-2H3/t12-,14?/m0/s1. The molecule has 0 bridgehead atoms. The second kappa shape index (κ2) is 5.85. The van der Waals surface area contributed by atoms with E-state index in [1.54, 1.807) is 7.11 Å². The van der Waals surface area contributed by atoms with Crippen LogP contribution in [-0.2, 0) is 4.74 Å². The normalized spacial score (nSPS) is 25.2. The topological polar surface area (TPSA) is 53.7 Å². The molecule has 4 heteroatoms. The molecule has 1 aromatic carbocycles. The van der Waals surface area contributed by atoms with E-state index in [-0.39, 0.29) is 17.7 Å². The average molecular weight is 291 g/mol. The summed E-state index contributed by atoms with van der Waals surface area (Å²) >= 11 is 0. The molecular formula is C17H25NO3. The van der Waals surface area contributed by atoms with Crippen molar-refractivity contribution >= 4 is 0 Å². The first-order chi connectivity index (χ1) is 10.1. The third kappa shape index (κ3) is 3.01. The van der Waals surface area contributed by atoms with Crippen molar-refractivity contribution in [2.75, 3.05) is 13.7 Å². The Morgan fingerprint density at radius 3 is 2.76 bits per heavy atom. The van der Waals surface area contributed by atoms with Crippen molar-refractivity contribution in [1.82, 2.24) is 0 Å². The van der Waals surface area contributed by atoms with Crippen LogP contribution in [0.15, 0.2) is 18.2 Å².